The Hall–Kier alpha value is -1.72. The van der Waals surface area contributed by atoms with Gasteiger partial charge in [0.2, 0.25) is 0 Å². The Morgan fingerprint density at radius 2 is 2.30 bits per heavy atom. The van der Waals surface area contributed by atoms with Crippen molar-refractivity contribution < 1.29 is 9.90 Å². The molecule has 1 aromatic heterocycles. The van der Waals surface area contributed by atoms with Gasteiger partial charge in [0.1, 0.15) is 5.01 Å². The van der Waals surface area contributed by atoms with Gasteiger partial charge in [0.05, 0.1) is 11.6 Å². The summed E-state index contributed by atoms with van der Waals surface area (Å²) in [6, 6.07) is 7.15. The van der Waals surface area contributed by atoms with Crippen LogP contribution in [-0.4, -0.2) is 16.1 Å². The van der Waals surface area contributed by atoms with Crippen LogP contribution in [0.15, 0.2) is 30.5 Å². The molecule has 0 fully saturated rings. The molecule has 1 heterocycles. The van der Waals surface area contributed by atoms with Crippen LogP contribution >= 0.6 is 11.3 Å². The largest absolute Gasteiger partial charge is 0.478 e. The minimum atomic E-state index is -0.896. The molecule has 1 aromatic carbocycles. The fourth-order valence-electron chi connectivity index (χ4n) is 1.86. The smallest absolute Gasteiger partial charge is 0.335 e. The molecule has 0 saturated carbocycles. The summed E-state index contributed by atoms with van der Waals surface area (Å²) in [4.78, 5) is 16.6. The van der Waals surface area contributed by atoms with E-state index in [1.165, 1.54) is 4.88 Å². The van der Waals surface area contributed by atoms with Crippen LogP contribution in [-0.2, 0) is 13.0 Å². The summed E-state index contributed by atoms with van der Waals surface area (Å²) in [5.74, 6) is -0.896. The topological polar surface area (TPSA) is 62.2 Å². The van der Waals surface area contributed by atoms with Crippen LogP contribution in [0.1, 0.15) is 45.7 Å². The molecule has 0 aliphatic carbocycles. The standard InChI is InChI=1S/C15H18N2O2S/c1-3-13-9-17-14(20-13)10(2)16-8-11-5-4-6-12(7-11)15(18)19/h4-7,9-10,16H,3,8H2,1-2H3,(H,18,19). The molecule has 0 aliphatic rings. The zero-order valence-electron chi connectivity index (χ0n) is 11.6. The average Bonchev–Trinajstić information content (AvgIpc) is 2.94. The summed E-state index contributed by atoms with van der Waals surface area (Å²) < 4.78 is 0. The fourth-order valence-corrected chi connectivity index (χ4v) is 2.74. The third-order valence-corrected chi connectivity index (χ3v) is 4.40. The predicted molar refractivity (Wildman–Crippen MR) is 80.1 cm³/mol. The maximum atomic E-state index is 10.9. The van der Waals surface area contributed by atoms with Crippen LogP contribution in [0.2, 0.25) is 0 Å². The van der Waals surface area contributed by atoms with Gasteiger partial charge in [-0.05, 0) is 31.0 Å². The lowest BCUT2D eigenvalue weighted by atomic mass is 10.1. The molecule has 0 aliphatic heterocycles. The molecule has 1 atom stereocenters. The SMILES string of the molecule is CCc1cnc(C(C)NCc2cccc(C(=O)O)c2)s1. The molecule has 106 valence electrons. The summed E-state index contributed by atoms with van der Waals surface area (Å²) >= 11 is 1.72. The van der Waals surface area contributed by atoms with Crippen LogP contribution < -0.4 is 5.32 Å². The first-order valence-electron chi connectivity index (χ1n) is 6.60. The number of aromatic carboxylic acids is 1. The quantitative estimate of drug-likeness (QED) is 0.857. The molecule has 5 heteroatoms. The first-order chi connectivity index (χ1) is 9.60. The monoisotopic (exact) mass is 290 g/mol. The van der Waals surface area contributed by atoms with Gasteiger partial charge >= 0.3 is 5.97 Å². The van der Waals surface area contributed by atoms with Gasteiger partial charge in [0, 0.05) is 17.6 Å². The molecule has 0 radical (unpaired) electrons. The predicted octanol–water partition coefficient (Wildman–Crippen LogP) is 3.25. The molecule has 0 amide bonds. The number of rotatable bonds is 6. The maximum absolute atomic E-state index is 10.9. The van der Waals surface area contributed by atoms with E-state index in [9.17, 15) is 4.79 Å². The highest BCUT2D eigenvalue weighted by atomic mass is 32.1. The normalized spacial score (nSPS) is 12.3. The number of benzene rings is 1. The average molecular weight is 290 g/mol. The van der Waals surface area contributed by atoms with Crippen molar-refractivity contribution in [1.82, 2.24) is 10.3 Å². The van der Waals surface area contributed by atoms with Crippen LogP contribution in [0.3, 0.4) is 0 Å². The van der Waals surface area contributed by atoms with E-state index in [0.29, 0.717) is 12.1 Å². The van der Waals surface area contributed by atoms with Crippen LogP contribution in [0.5, 0.6) is 0 Å². The lowest BCUT2D eigenvalue weighted by Gasteiger charge is -2.11. The van der Waals surface area contributed by atoms with Gasteiger partial charge in [0.15, 0.2) is 0 Å². The molecule has 2 aromatic rings. The van der Waals surface area contributed by atoms with Crippen LogP contribution in [0, 0.1) is 0 Å². The molecule has 0 spiro atoms. The van der Waals surface area contributed by atoms with Gasteiger partial charge < -0.3 is 10.4 Å². The number of carbonyl (C=O) groups is 1. The summed E-state index contributed by atoms with van der Waals surface area (Å²) in [6.07, 6.45) is 2.92. The summed E-state index contributed by atoms with van der Waals surface area (Å²) in [7, 11) is 0. The molecular formula is C15H18N2O2S. The van der Waals surface area contributed by atoms with Crippen molar-refractivity contribution in [3.63, 3.8) is 0 Å². The van der Waals surface area contributed by atoms with Crippen molar-refractivity contribution in [2.45, 2.75) is 32.9 Å². The van der Waals surface area contributed by atoms with E-state index >= 15 is 0 Å². The Morgan fingerprint density at radius 1 is 1.50 bits per heavy atom. The summed E-state index contributed by atoms with van der Waals surface area (Å²) in [5.41, 5.74) is 1.28. The number of nitrogens with one attached hydrogen (secondary N) is 1. The lowest BCUT2D eigenvalue weighted by molar-refractivity contribution is 0.0696. The lowest BCUT2D eigenvalue weighted by Crippen LogP contribution is -2.18. The summed E-state index contributed by atoms with van der Waals surface area (Å²) in [6.45, 7) is 4.81. The Labute approximate surface area is 122 Å². The molecule has 2 N–H and O–H groups in total. The van der Waals surface area contributed by atoms with E-state index in [1.54, 1.807) is 29.5 Å². The first-order valence-corrected chi connectivity index (χ1v) is 7.42. The number of hydrogen-bond donors (Lipinski definition) is 2. The molecule has 0 saturated heterocycles. The van der Waals surface area contributed by atoms with Crippen molar-refractivity contribution in [1.29, 1.82) is 0 Å². The molecular weight excluding hydrogens is 272 g/mol. The molecule has 1 unspecified atom stereocenters. The number of nitrogens with zero attached hydrogens (tertiary/aromatic N) is 1. The van der Waals surface area contributed by atoms with E-state index in [0.717, 1.165) is 17.0 Å². The maximum Gasteiger partial charge on any atom is 0.335 e. The highest BCUT2D eigenvalue weighted by Crippen LogP contribution is 2.20. The number of carboxylic acid groups (broad SMARTS) is 1. The Balaban J connectivity index is 1.97. The second-order valence-corrected chi connectivity index (χ2v) is 5.77. The van der Waals surface area contributed by atoms with Crippen molar-refractivity contribution in [3.05, 3.63) is 51.5 Å². The molecule has 2 rings (SSSR count). The second-order valence-electron chi connectivity index (χ2n) is 4.63. The van der Waals surface area contributed by atoms with E-state index in [-0.39, 0.29) is 6.04 Å². The Kier molecular flexibility index (Phi) is 4.87. The third-order valence-electron chi connectivity index (χ3n) is 3.08. The molecule has 20 heavy (non-hydrogen) atoms. The van der Waals surface area contributed by atoms with Gasteiger partial charge in [0.25, 0.3) is 0 Å². The van der Waals surface area contributed by atoms with Crippen LogP contribution in [0.25, 0.3) is 0 Å². The number of hydrogen-bond acceptors (Lipinski definition) is 4. The van der Waals surface area contributed by atoms with Gasteiger partial charge in [-0.15, -0.1) is 11.3 Å². The zero-order chi connectivity index (χ0) is 14.5. The van der Waals surface area contributed by atoms with Gasteiger partial charge in [-0.1, -0.05) is 19.1 Å². The minimum Gasteiger partial charge on any atom is -0.478 e. The Bertz CT molecular complexity index is 595. The number of aryl methyl sites for hydroxylation is 1. The van der Waals surface area contributed by atoms with Crippen molar-refractivity contribution >= 4 is 17.3 Å². The van der Waals surface area contributed by atoms with E-state index in [1.807, 2.05) is 12.3 Å². The third kappa shape index (κ3) is 3.65. The zero-order valence-corrected chi connectivity index (χ0v) is 12.4. The summed E-state index contributed by atoms with van der Waals surface area (Å²) in [5, 5.41) is 13.4. The number of aromatic nitrogens is 1. The van der Waals surface area contributed by atoms with Crippen LogP contribution in [0.4, 0.5) is 0 Å². The van der Waals surface area contributed by atoms with Gasteiger partial charge in [-0.2, -0.15) is 0 Å². The Morgan fingerprint density at radius 3 is 2.95 bits per heavy atom. The van der Waals surface area contributed by atoms with E-state index < -0.39 is 5.97 Å². The molecule has 4 nitrogen and oxygen atoms in total. The minimum absolute atomic E-state index is 0.161. The highest BCUT2D eigenvalue weighted by Gasteiger charge is 2.10. The van der Waals surface area contributed by atoms with E-state index in [4.69, 9.17) is 5.11 Å². The number of thiazole rings is 1. The van der Waals surface area contributed by atoms with Crippen molar-refractivity contribution in [2.75, 3.05) is 0 Å². The van der Waals surface area contributed by atoms with Crippen molar-refractivity contribution in [3.8, 4) is 0 Å². The second kappa shape index (κ2) is 6.63. The molecule has 0 bridgehead atoms. The van der Waals surface area contributed by atoms with E-state index in [2.05, 4.69) is 24.1 Å². The first kappa shape index (κ1) is 14.7. The van der Waals surface area contributed by atoms with Gasteiger partial charge in [-0.3, -0.25) is 0 Å². The van der Waals surface area contributed by atoms with Gasteiger partial charge in [-0.25, -0.2) is 9.78 Å². The highest BCUT2D eigenvalue weighted by molar-refractivity contribution is 7.11. The fraction of sp³-hybridized carbons (Fsp3) is 0.333. The van der Waals surface area contributed by atoms with Crippen molar-refractivity contribution in [2.24, 2.45) is 0 Å². The number of carboxylic acids is 1.